The van der Waals surface area contributed by atoms with Crippen molar-refractivity contribution in [1.82, 2.24) is 25.5 Å². The highest BCUT2D eigenvalue weighted by atomic mass is 32.1. The van der Waals surface area contributed by atoms with Crippen molar-refractivity contribution >= 4 is 17.2 Å². The fourth-order valence-corrected chi connectivity index (χ4v) is 5.00. The predicted molar refractivity (Wildman–Crippen MR) is 107 cm³/mol. The van der Waals surface area contributed by atoms with Crippen LogP contribution in [0, 0.1) is 5.92 Å². The van der Waals surface area contributed by atoms with E-state index < -0.39 is 0 Å². The summed E-state index contributed by atoms with van der Waals surface area (Å²) >= 11 is 1.61. The minimum atomic E-state index is -0.0999. The van der Waals surface area contributed by atoms with Crippen molar-refractivity contribution in [2.24, 2.45) is 5.92 Å². The quantitative estimate of drug-likeness (QED) is 0.690. The summed E-state index contributed by atoms with van der Waals surface area (Å²) < 4.78 is 6.84. The Bertz CT molecular complexity index is 963. The lowest BCUT2D eigenvalue weighted by molar-refractivity contribution is 0.0925. The number of aryl methyl sites for hydroxylation is 1. The van der Waals surface area contributed by atoms with Gasteiger partial charge in [0.25, 0.3) is 5.91 Å². The minimum Gasteiger partial charge on any atom is -0.497 e. The molecule has 2 aromatic heterocycles. The van der Waals surface area contributed by atoms with E-state index >= 15 is 0 Å². The van der Waals surface area contributed by atoms with Gasteiger partial charge in [-0.15, -0.1) is 16.4 Å². The summed E-state index contributed by atoms with van der Waals surface area (Å²) in [5.41, 5.74) is 2.91. The van der Waals surface area contributed by atoms with Crippen LogP contribution in [-0.4, -0.2) is 33.2 Å². The topological polar surface area (TPSA) is 81.9 Å². The first-order chi connectivity index (χ1) is 13.6. The molecular weight excluding hydrogens is 374 g/mol. The van der Waals surface area contributed by atoms with Gasteiger partial charge in [-0.2, -0.15) is 4.68 Å². The van der Waals surface area contributed by atoms with Gasteiger partial charge < -0.3 is 10.1 Å². The van der Waals surface area contributed by atoms with Gasteiger partial charge in [-0.25, -0.2) is 0 Å². The molecule has 0 saturated heterocycles. The highest BCUT2D eigenvalue weighted by molar-refractivity contribution is 7.15. The Kier molecular flexibility index (Phi) is 5.13. The predicted octanol–water partition coefficient (Wildman–Crippen LogP) is 3.35. The number of hydrogen-bond donors (Lipinski definition) is 1. The number of carbonyl (C=O) groups excluding carboxylic acids is 1. The average molecular weight is 398 g/mol. The molecule has 0 aliphatic heterocycles. The average Bonchev–Trinajstić information content (AvgIpc) is 3.41. The normalized spacial score (nSPS) is 14.1. The number of carbonyl (C=O) groups is 1. The van der Waals surface area contributed by atoms with Crippen molar-refractivity contribution in [3.05, 3.63) is 52.2 Å². The Hall–Kier alpha value is -2.74. The highest BCUT2D eigenvalue weighted by Crippen LogP contribution is 2.38. The zero-order valence-electron chi connectivity index (χ0n) is 16.2. The molecule has 1 aliphatic rings. The summed E-state index contributed by atoms with van der Waals surface area (Å²) in [6.45, 7) is 4.21. The first kappa shape index (κ1) is 18.6. The van der Waals surface area contributed by atoms with E-state index in [-0.39, 0.29) is 17.9 Å². The van der Waals surface area contributed by atoms with Crippen LogP contribution < -0.4 is 10.1 Å². The summed E-state index contributed by atoms with van der Waals surface area (Å²) in [4.78, 5) is 14.6. The lowest BCUT2D eigenvalue weighted by Crippen LogP contribution is -2.32. The summed E-state index contributed by atoms with van der Waals surface area (Å²) in [5, 5.41) is 15.5. The number of benzene rings is 1. The number of hydrogen-bond acceptors (Lipinski definition) is 6. The van der Waals surface area contributed by atoms with Gasteiger partial charge in [-0.05, 0) is 58.9 Å². The minimum absolute atomic E-state index is 0.0700. The molecule has 0 fully saturated rings. The van der Waals surface area contributed by atoms with Gasteiger partial charge in [-0.3, -0.25) is 4.79 Å². The van der Waals surface area contributed by atoms with E-state index in [0.717, 1.165) is 41.1 Å². The van der Waals surface area contributed by atoms with E-state index in [9.17, 15) is 4.79 Å². The fraction of sp³-hybridized carbons (Fsp3) is 0.400. The Morgan fingerprint density at radius 3 is 2.68 bits per heavy atom. The van der Waals surface area contributed by atoms with Crippen molar-refractivity contribution in [1.29, 1.82) is 0 Å². The molecule has 3 aromatic rings. The number of amides is 1. The zero-order chi connectivity index (χ0) is 19.7. The van der Waals surface area contributed by atoms with Crippen LogP contribution in [0.3, 0.4) is 0 Å². The van der Waals surface area contributed by atoms with Crippen molar-refractivity contribution < 1.29 is 9.53 Å². The third-order valence-electron chi connectivity index (χ3n) is 5.12. The van der Waals surface area contributed by atoms with Crippen LogP contribution in [0.2, 0.25) is 0 Å². The first-order valence-electron chi connectivity index (χ1n) is 9.41. The second-order valence-corrected chi connectivity index (χ2v) is 8.34. The molecule has 146 valence electrons. The summed E-state index contributed by atoms with van der Waals surface area (Å²) in [6, 6.07) is 7.75. The second kappa shape index (κ2) is 7.71. The fourth-order valence-electron chi connectivity index (χ4n) is 3.70. The SMILES string of the molecule is COc1ccc([C@@H](NC(=O)c2c(-n3cnnn3)sc3c2CCC3)C(C)C)cc1. The molecular formula is C20H23N5O2S. The van der Waals surface area contributed by atoms with E-state index in [4.69, 9.17) is 4.74 Å². The van der Waals surface area contributed by atoms with Gasteiger partial charge >= 0.3 is 0 Å². The lowest BCUT2D eigenvalue weighted by Gasteiger charge is -2.23. The number of fused-ring (bicyclic) bond motifs is 1. The molecule has 1 amide bonds. The van der Waals surface area contributed by atoms with Crippen LogP contribution >= 0.6 is 11.3 Å². The summed E-state index contributed by atoms with van der Waals surface area (Å²) in [6.07, 6.45) is 4.56. The third-order valence-corrected chi connectivity index (χ3v) is 6.40. The molecule has 2 heterocycles. The Morgan fingerprint density at radius 1 is 1.25 bits per heavy atom. The van der Waals surface area contributed by atoms with E-state index in [1.54, 1.807) is 29.5 Å². The van der Waals surface area contributed by atoms with Crippen LogP contribution in [-0.2, 0) is 12.8 Å². The van der Waals surface area contributed by atoms with Crippen molar-refractivity contribution in [3.8, 4) is 10.8 Å². The van der Waals surface area contributed by atoms with Crippen LogP contribution in [0.5, 0.6) is 5.75 Å². The number of methoxy groups -OCH3 is 1. The molecule has 0 spiro atoms. The van der Waals surface area contributed by atoms with Gasteiger partial charge in [0.2, 0.25) is 0 Å². The van der Waals surface area contributed by atoms with Crippen LogP contribution in [0.25, 0.3) is 5.00 Å². The molecule has 1 aliphatic carbocycles. The highest BCUT2D eigenvalue weighted by Gasteiger charge is 2.30. The molecule has 28 heavy (non-hydrogen) atoms. The maximum absolute atomic E-state index is 13.4. The monoisotopic (exact) mass is 397 g/mol. The van der Waals surface area contributed by atoms with Crippen LogP contribution in [0.15, 0.2) is 30.6 Å². The molecule has 0 saturated carbocycles. The van der Waals surface area contributed by atoms with E-state index in [1.807, 2.05) is 24.3 Å². The maximum Gasteiger partial charge on any atom is 0.255 e. The smallest absolute Gasteiger partial charge is 0.255 e. The summed E-state index contributed by atoms with van der Waals surface area (Å²) in [5.74, 6) is 0.967. The number of aromatic nitrogens is 4. The van der Waals surface area contributed by atoms with E-state index in [0.29, 0.717) is 5.56 Å². The van der Waals surface area contributed by atoms with Crippen LogP contribution in [0.1, 0.15) is 52.7 Å². The Morgan fingerprint density at radius 2 is 2.04 bits per heavy atom. The van der Waals surface area contributed by atoms with Gasteiger partial charge in [0.1, 0.15) is 17.1 Å². The maximum atomic E-state index is 13.4. The number of thiophene rings is 1. The number of nitrogens with zero attached hydrogens (tertiary/aromatic N) is 4. The second-order valence-electron chi connectivity index (χ2n) is 7.26. The van der Waals surface area contributed by atoms with Gasteiger partial charge in [0.05, 0.1) is 18.7 Å². The first-order valence-corrected chi connectivity index (χ1v) is 10.2. The molecule has 1 atom stereocenters. The molecule has 1 aromatic carbocycles. The molecule has 0 bridgehead atoms. The van der Waals surface area contributed by atoms with Gasteiger partial charge in [0.15, 0.2) is 0 Å². The van der Waals surface area contributed by atoms with Gasteiger partial charge in [0, 0.05) is 4.88 Å². The largest absolute Gasteiger partial charge is 0.497 e. The third kappa shape index (κ3) is 3.40. The molecule has 0 unspecified atom stereocenters. The van der Waals surface area contributed by atoms with Crippen molar-refractivity contribution in [2.75, 3.05) is 7.11 Å². The van der Waals surface area contributed by atoms with Crippen LogP contribution in [0.4, 0.5) is 0 Å². The van der Waals surface area contributed by atoms with Gasteiger partial charge in [-0.1, -0.05) is 26.0 Å². The molecule has 8 heteroatoms. The van der Waals surface area contributed by atoms with E-state index in [2.05, 4.69) is 34.7 Å². The standard InChI is InChI=1S/C20H23N5O2S/c1-12(2)18(13-7-9-14(27-3)10-8-13)22-19(26)17-15-5-4-6-16(15)28-20(17)25-11-21-23-24-25/h7-12,18H,4-6H2,1-3H3,(H,22,26)/t18-/m0/s1. The number of tetrazole rings is 1. The van der Waals surface area contributed by atoms with E-state index in [1.165, 1.54) is 4.88 Å². The van der Waals surface area contributed by atoms with Crippen molar-refractivity contribution in [3.63, 3.8) is 0 Å². The number of ether oxygens (including phenoxy) is 1. The summed E-state index contributed by atoms with van der Waals surface area (Å²) in [7, 11) is 1.65. The molecule has 4 rings (SSSR count). The molecule has 0 radical (unpaired) electrons. The van der Waals surface area contributed by atoms with Crippen molar-refractivity contribution in [2.45, 2.75) is 39.2 Å². The molecule has 1 N–H and O–H groups in total. The molecule has 7 nitrogen and oxygen atoms in total. The number of rotatable bonds is 6. The Balaban J connectivity index is 1.67. The lowest BCUT2D eigenvalue weighted by atomic mass is 9.95. The zero-order valence-corrected chi connectivity index (χ0v) is 17.0. The Labute approximate surface area is 167 Å². The number of nitrogens with one attached hydrogen (secondary N) is 1.